The molecule has 0 aliphatic carbocycles. The van der Waals surface area contributed by atoms with E-state index in [1.54, 1.807) is 24.8 Å². The molecule has 0 saturated carbocycles. The molecular weight excluding hydrogens is 272 g/mol. The van der Waals surface area contributed by atoms with Gasteiger partial charge < -0.3 is 5.73 Å². The number of nitro benzene ring substituents is 1. The zero-order chi connectivity index (χ0) is 14.7. The molecule has 0 aromatic heterocycles. The van der Waals surface area contributed by atoms with Crippen molar-refractivity contribution in [3.8, 4) is 0 Å². The minimum absolute atomic E-state index is 0.174. The fourth-order valence-electron chi connectivity index (χ4n) is 1.97. The van der Waals surface area contributed by atoms with Gasteiger partial charge in [-0.1, -0.05) is 18.2 Å². The number of anilines is 1. The SMILES string of the molecule is Cc1c(N)cccc1SCc1cccc([N+](=O)[O-])c1C. The van der Waals surface area contributed by atoms with Gasteiger partial charge in [0.05, 0.1) is 4.92 Å². The first-order chi connectivity index (χ1) is 9.50. The Bertz CT molecular complexity index is 656. The molecule has 0 bridgehead atoms. The highest BCUT2D eigenvalue weighted by molar-refractivity contribution is 7.98. The Morgan fingerprint density at radius 2 is 1.85 bits per heavy atom. The number of hydrogen-bond acceptors (Lipinski definition) is 4. The topological polar surface area (TPSA) is 69.2 Å². The molecule has 2 N–H and O–H groups in total. The molecule has 0 amide bonds. The van der Waals surface area contributed by atoms with Crippen LogP contribution in [0, 0.1) is 24.0 Å². The van der Waals surface area contributed by atoms with Gasteiger partial charge in [-0.2, -0.15) is 0 Å². The molecule has 0 spiro atoms. The number of rotatable bonds is 4. The fourth-order valence-corrected chi connectivity index (χ4v) is 3.10. The Balaban J connectivity index is 2.21. The van der Waals surface area contributed by atoms with E-state index in [2.05, 4.69) is 0 Å². The number of nitrogen functional groups attached to an aromatic ring is 1. The van der Waals surface area contributed by atoms with Gasteiger partial charge in [0.25, 0.3) is 5.69 Å². The van der Waals surface area contributed by atoms with Crippen LogP contribution in [0.1, 0.15) is 16.7 Å². The van der Waals surface area contributed by atoms with Crippen LogP contribution in [-0.4, -0.2) is 4.92 Å². The van der Waals surface area contributed by atoms with E-state index in [9.17, 15) is 10.1 Å². The molecule has 2 aromatic rings. The predicted octanol–water partition coefficient (Wildman–Crippen LogP) is 4.09. The molecule has 0 atom stereocenters. The molecule has 0 unspecified atom stereocenters. The van der Waals surface area contributed by atoms with Crippen molar-refractivity contribution in [2.75, 3.05) is 5.73 Å². The summed E-state index contributed by atoms with van der Waals surface area (Å²) in [5.74, 6) is 0.692. The van der Waals surface area contributed by atoms with Crippen LogP contribution in [0.4, 0.5) is 11.4 Å². The first-order valence-corrected chi connectivity index (χ1v) is 7.20. The molecule has 2 rings (SSSR count). The van der Waals surface area contributed by atoms with Gasteiger partial charge in [-0.05, 0) is 37.1 Å². The quantitative estimate of drug-likeness (QED) is 0.398. The number of nitrogens with two attached hydrogens (primary N) is 1. The lowest BCUT2D eigenvalue weighted by atomic mass is 10.1. The Morgan fingerprint density at radius 1 is 1.15 bits per heavy atom. The molecule has 0 aliphatic rings. The lowest BCUT2D eigenvalue weighted by molar-refractivity contribution is -0.385. The van der Waals surface area contributed by atoms with Gasteiger partial charge >= 0.3 is 0 Å². The average Bonchev–Trinajstić information content (AvgIpc) is 2.41. The monoisotopic (exact) mass is 288 g/mol. The second kappa shape index (κ2) is 5.96. The fraction of sp³-hybridized carbons (Fsp3) is 0.200. The second-order valence-electron chi connectivity index (χ2n) is 4.58. The van der Waals surface area contributed by atoms with Crippen LogP contribution < -0.4 is 5.73 Å². The van der Waals surface area contributed by atoms with Gasteiger partial charge in [0.2, 0.25) is 0 Å². The highest BCUT2D eigenvalue weighted by atomic mass is 32.2. The summed E-state index contributed by atoms with van der Waals surface area (Å²) < 4.78 is 0. The van der Waals surface area contributed by atoms with Crippen molar-refractivity contribution in [3.63, 3.8) is 0 Å². The molecule has 0 fully saturated rings. The number of benzene rings is 2. The van der Waals surface area contributed by atoms with Gasteiger partial charge in [-0.25, -0.2) is 0 Å². The van der Waals surface area contributed by atoms with Crippen molar-refractivity contribution in [3.05, 3.63) is 63.2 Å². The van der Waals surface area contributed by atoms with E-state index in [1.807, 2.05) is 31.2 Å². The summed E-state index contributed by atoms with van der Waals surface area (Å²) in [5, 5.41) is 10.9. The van der Waals surface area contributed by atoms with Gasteiger partial charge in [-0.3, -0.25) is 10.1 Å². The zero-order valence-electron chi connectivity index (χ0n) is 11.4. The maximum Gasteiger partial charge on any atom is 0.272 e. The summed E-state index contributed by atoms with van der Waals surface area (Å²) in [5.41, 5.74) is 9.59. The van der Waals surface area contributed by atoms with Gasteiger partial charge in [-0.15, -0.1) is 11.8 Å². The third-order valence-electron chi connectivity index (χ3n) is 3.32. The minimum atomic E-state index is -0.338. The Hall–Kier alpha value is -2.01. The van der Waals surface area contributed by atoms with Crippen LogP contribution in [0.2, 0.25) is 0 Å². The van der Waals surface area contributed by atoms with Crippen molar-refractivity contribution >= 4 is 23.1 Å². The molecule has 2 aromatic carbocycles. The normalized spacial score (nSPS) is 10.5. The number of thioether (sulfide) groups is 1. The van der Waals surface area contributed by atoms with Crippen molar-refractivity contribution in [1.29, 1.82) is 0 Å². The first kappa shape index (κ1) is 14.4. The van der Waals surface area contributed by atoms with E-state index in [1.165, 1.54) is 6.07 Å². The maximum atomic E-state index is 10.9. The lowest BCUT2D eigenvalue weighted by Gasteiger charge is -2.09. The molecule has 104 valence electrons. The molecule has 4 nitrogen and oxygen atoms in total. The highest BCUT2D eigenvalue weighted by Gasteiger charge is 2.13. The van der Waals surface area contributed by atoms with E-state index in [4.69, 9.17) is 5.73 Å². The molecular formula is C15H16N2O2S. The number of hydrogen-bond donors (Lipinski definition) is 1. The van der Waals surface area contributed by atoms with Crippen LogP contribution in [0.3, 0.4) is 0 Å². The van der Waals surface area contributed by atoms with E-state index in [0.29, 0.717) is 5.75 Å². The van der Waals surface area contributed by atoms with Gasteiger partial charge in [0, 0.05) is 28.0 Å². The smallest absolute Gasteiger partial charge is 0.272 e. The van der Waals surface area contributed by atoms with Gasteiger partial charge in [0.1, 0.15) is 0 Å². The summed E-state index contributed by atoms with van der Waals surface area (Å²) in [4.78, 5) is 11.7. The molecule has 20 heavy (non-hydrogen) atoms. The average molecular weight is 288 g/mol. The van der Waals surface area contributed by atoms with Crippen molar-refractivity contribution in [2.45, 2.75) is 24.5 Å². The van der Waals surface area contributed by atoms with Crippen LogP contribution >= 0.6 is 11.8 Å². The van der Waals surface area contributed by atoms with E-state index >= 15 is 0 Å². The number of nitro groups is 1. The van der Waals surface area contributed by atoms with Crippen molar-refractivity contribution in [2.24, 2.45) is 0 Å². The van der Waals surface area contributed by atoms with Crippen LogP contribution in [-0.2, 0) is 5.75 Å². The van der Waals surface area contributed by atoms with Gasteiger partial charge in [0.15, 0.2) is 0 Å². The van der Waals surface area contributed by atoms with Crippen molar-refractivity contribution in [1.82, 2.24) is 0 Å². The second-order valence-corrected chi connectivity index (χ2v) is 5.59. The maximum absolute atomic E-state index is 10.9. The van der Waals surface area contributed by atoms with E-state index in [0.717, 1.165) is 27.3 Å². The predicted molar refractivity (Wildman–Crippen MR) is 83.0 cm³/mol. The van der Waals surface area contributed by atoms with E-state index in [-0.39, 0.29) is 10.6 Å². The Morgan fingerprint density at radius 3 is 2.55 bits per heavy atom. The van der Waals surface area contributed by atoms with Crippen LogP contribution in [0.25, 0.3) is 0 Å². The largest absolute Gasteiger partial charge is 0.398 e. The summed E-state index contributed by atoms with van der Waals surface area (Å²) in [6, 6.07) is 11.0. The third-order valence-corrected chi connectivity index (χ3v) is 4.53. The summed E-state index contributed by atoms with van der Waals surface area (Å²) >= 11 is 1.65. The first-order valence-electron chi connectivity index (χ1n) is 6.21. The molecule has 5 heteroatoms. The molecule has 0 radical (unpaired) electrons. The Kier molecular flexibility index (Phi) is 4.29. The minimum Gasteiger partial charge on any atom is -0.398 e. The third kappa shape index (κ3) is 2.93. The lowest BCUT2D eigenvalue weighted by Crippen LogP contribution is -1.96. The Labute approximate surface area is 122 Å². The number of nitrogens with zero attached hydrogens (tertiary/aromatic N) is 1. The summed E-state index contributed by atoms with van der Waals surface area (Å²) in [6.07, 6.45) is 0. The molecule has 0 saturated heterocycles. The molecule has 0 aliphatic heterocycles. The standard InChI is InChI=1S/C15H16N2O2S/c1-10-12(5-3-7-14(10)17(18)19)9-20-15-8-4-6-13(16)11(15)2/h3-8H,9,16H2,1-2H3. The van der Waals surface area contributed by atoms with Crippen LogP contribution in [0.15, 0.2) is 41.3 Å². The van der Waals surface area contributed by atoms with Crippen molar-refractivity contribution < 1.29 is 4.92 Å². The van der Waals surface area contributed by atoms with E-state index < -0.39 is 0 Å². The van der Waals surface area contributed by atoms with Crippen LogP contribution in [0.5, 0.6) is 0 Å². The molecule has 0 heterocycles. The highest BCUT2D eigenvalue weighted by Crippen LogP contribution is 2.31. The summed E-state index contributed by atoms with van der Waals surface area (Å²) in [6.45, 7) is 3.78. The summed E-state index contributed by atoms with van der Waals surface area (Å²) in [7, 11) is 0. The zero-order valence-corrected chi connectivity index (χ0v) is 12.2.